The Labute approximate surface area is 171 Å². The van der Waals surface area contributed by atoms with Crippen LogP contribution in [0.4, 0.5) is 5.69 Å². The highest BCUT2D eigenvalue weighted by molar-refractivity contribution is 8.18. The first kappa shape index (κ1) is 18.8. The molecule has 0 atom stereocenters. The Morgan fingerprint density at radius 1 is 0.964 bits per heavy atom. The number of carbonyl (C=O) groups excluding carboxylic acids is 1. The molecule has 5 heteroatoms. The highest BCUT2D eigenvalue weighted by atomic mass is 32.2. The third kappa shape index (κ3) is 4.14. The van der Waals surface area contributed by atoms with Gasteiger partial charge in [0.2, 0.25) is 0 Å². The summed E-state index contributed by atoms with van der Waals surface area (Å²) in [6.07, 6.45) is 2.97. The van der Waals surface area contributed by atoms with Gasteiger partial charge < -0.3 is 9.80 Å². The number of anilines is 1. The number of aliphatic imine (C=N–C) groups is 1. The van der Waals surface area contributed by atoms with Crippen molar-refractivity contribution in [1.29, 1.82) is 0 Å². The Bertz CT molecular complexity index is 908. The van der Waals surface area contributed by atoms with Crippen LogP contribution in [0.5, 0.6) is 0 Å². The minimum atomic E-state index is -0.125. The number of hydrogen-bond acceptors (Lipinski definition) is 4. The lowest BCUT2D eigenvalue weighted by molar-refractivity contribution is -0.113. The number of amidine groups is 1. The summed E-state index contributed by atoms with van der Waals surface area (Å²) < 4.78 is 0. The van der Waals surface area contributed by atoms with Gasteiger partial charge in [0.1, 0.15) is 0 Å². The van der Waals surface area contributed by atoms with E-state index in [4.69, 9.17) is 0 Å². The molecule has 0 saturated carbocycles. The smallest absolute Gasteiger partial charge is 0.286 e. The maximum absolute atomic E-state index is 12.4. The molecule has 2 aliphatic heterocycles. The molecule has 4 rings (SSSR count). The Morgan fingerprint density at radius 3 is 2.25 bits per heavy atom. The van der Waals surface area contributed by atoms with Gasteiger partial charge in [-0.3, -0.25) is 4.79 Å². The van der Waals surface area contributed by atoms with Gasteiger partial charge in [0, 0.05) is 31.9 Å². The van der Waals surface area contributed by atoms with Crippen LogP contribution < -0.4 is 4.90 Å². The quantitative estimate of drug-likeness (QED) is 0.729. The fourth-order valence-corrected chi connectivity index (χ4v) is 4.41. The number of aryl methyl sites for hydroxylation is 2. The van der Waals surface area contributed by atoms with Crippen LogP contribution in [0.3, 0.4) is 0 Å². The van der Waals surface area contributed by atoms with E-state index >= 15 is 0 Å². The average Bonchev–Trinajstić information content (AvgIpc) is 3.09. The van der Waals surface area contributed by atoms with Crippen LogP contribution in [0.25, 0.3) is 6.08 Å². The molecule has 2 aromatic carbocycles. The van der Waals surface area contributed by atoms with Crippen molar-refractivity contribution in [1.82, 2.24) is 4.90 Å². The standard InChI is InChI=1S/C23H25N3OS/c1-3-18-6-8-19(9-7-18)16-21-22(27)24-23(28-21)26-14-12-25(13-15-26)20-10-4-17(2)5-11-20/h4-11,16H,3,12-15H2,1-2H3. The molecule has 0 spiro atoms. The topological polar surface area (TPSA) is 35.9 Å². The summed E-state index contributed by atoms with van der Waals surface area (Å²) >= 11 is 1.50. The van der Waals surface area contributed by atoms with E-state index in [9.17, 15) is 4.79 Å². The first-order valence-electron chi connectivity index (χ1n) is 9.80. The monoisotopic (exact) mass is 391 g/mol. The molecular formula is C23H25N3OS. The summed E-state index contributed by atoms with van der Waals surface area (Å²) in [6.45, 7) is 7.89. The number of benzene rings is 2. The molecule has 2 aromatic rings. The van der Waals surface area contributed by atoms with E-state index in [1.54, 1.807) is 0 Å². The molecule has 0 bridgehead atoms. The molecule has 4 nitrogen and oxygen atoms in total. The van der Waals surface area contributed by atoms with Gasteiger partial charge in [0.05, 0.1) is 4.91 Å². The minimum Gasteiger partial charge on any atom is -0.368 e. The van der Waals surface area contributed by atoms with Crippen molar-refractivity contribution >= 4 is 34.6 Å². The fraction of sp³-hybridized carbons (Fsp3) is 0.304. The van der Waals surface area contributed by atoms with Crippen molar-refractivity contribution < 1.29 is 4.79 Å². The predicted molar refractivity (Wildman–Crippen MR) is 119 cm³/mol. The number of hydrogen-bond donors (Lipinski definition) is 0. The van der Waals surface area contributed by atoms with E-state index in [0.717, 1.165) is 43.3 Å². The largest absolute Gasteiger partial charge is 0.368 e. The first-order chi connectivity index (χ1) is 13.6. The van der Waals surface area contributed by atoms with Crippen LogP contribution in [-0.2, 0) is 11.2 Å². The normalized spacial score (nSPS) is 18.7. The van der Waals surface area contributed by atoms with Crippen molar-refractivity contribution in [2.45, 2.75) is 20.3 Å². The molecule has 0 unspecified atom stereocenters. The third-order valence-corrected chi connectivity index (χ3v) is 6.29. The number of nitrogens with zero attached hydrogens (tertiary/aromatic N) is 3. The van der Waals surface area contributed by atoms with Gasteiger partial charge in [-0.05, 0) is 54.4 Å². The summed E-state index contributed by atoms with van der Waals surface area (Å²) in [5.74, 6) is -0.125. The van der Waals surface area contributed by atoms with Crippen LogP contribution in [0, 0.1) is 6.92 Å². The molecule has 0 radical (unpaired) electrons. The van der Waals surface area contributed by atoms with E-state index in [1.165, 1.54) is 28.6 Å². The van der Waals surface area contributed by atoms with Gasteiger partial charge in [-0.15, -0.1) is 0 Å². The molecule has 1 fully saturated rings. The molecule has 2 aliphatic rings. The van der Waals surface area contributed by atoms with Crippen LogP contribution in [0.15, 0.2) is 58.4 Å². The third-order valence-electron chi connectivity index (χ3n) is 5.24. The molecule has 144 valence electrons. The molecule has 0 aliphatic carbocycles. The van der Waals surface area contributed by atoms with E-state index in [2.05, 4.69) is 77.2 Å². The molecule has 0 aromatic heterocycles. The van der Waals surface area contributed by atoms with Gasteiger partial charge in [0.25, 0.3) is 5.91 Å². The molecule has 2 heterocycles. The van der Waals surface area contributed by atoms with Crippen molar-refractivity contribution in [2.75, 3.05) is 31.1 Å². The summed E-state index contributed by atoms with van der Waals surface area (Å²) in [7, 11) is 0. The zero-order valence-corrected chi connectivity index (χ0v) is 17.2. The molecule has 28 heavy (non-hydrogen) atoms. The maximum atomic E-state index is 12.4. The summed E-state index contributed by atoms with van der Waals surface area (Å²) in [4.78, 5) is 22.0. The van der Waals surface area contributed by atoms with Crippen molar-refractivity contribution in [3.05, 3.63) is 70.1 Å². The van der Waals surface area contributed by atoms with E-state index in [-0.39, 0.29) is 5.91 Å². The lowest BCUT2D eigenvalue weighted by atomic mass is 10.1. The van der Waals surface area contributed by atoms with Crippen molar-refractivity contribution in [3.63, 3.8) is 0 Å². The van der Waals surface area contributed by atoms with Crippen LogP contribution in [-0.4, -0.2) is 42.2 Å². The number of amides is 1. The molecule has 1 saturated heterocycles. The average molecular weight is 392 g/mol. The Kier molecular flexibility index (Phi) is 5.53. The Morgan fingerprint density at radius 2 is 1.61 bits per heavy atom. The maximum Gasteiger partial charge on any atom is 0.286 e. The molecule has 0 N–H and O–H groups in total. The predicted octanol–water partition coefficient (Wildman–Crippen LogP) is 4.35. The number of piperazine rings is 1. The second-order valence-corrected chi connectivity index (χ2v) is 8.22. The van der Waals surface area contributed by atoms with Gasteiger partial charge in [-0.2, -0.15) is 4.99 Å². The SMILES string of the molecule is CCc1ccc(C=C2SC(N3CCN(c4ccc(C)cc4)CC3)=NC2=O)cc1. The summed E-state index contributed by atoms with van der Waals surface area (Å²) in [5, 5.41) is 0.838. The zero-order valence-electron chi connectivity index (χ0n) is 16.4. The number of carbonyl (C=O) groups is 1. The van der Waals surface area contributed by atoms with Gasteiger partial charge >= 0.3 is 0 Å². The van der Waals surface area contributed by atoms with E-state index in [1.807, 2.05) is 6.08 Å². The second kappa shape index (κ2) is 8.23. The first-order valence-corrected chi connectivity index (χ1v) is 10.6. The van der Waals surface area contributed by atoms with Crippen LogP contribution >= 0.6 is 11.8 Å². The van der Waals surface area contributed by atoms with Gasteiger partial charge in [-0.25, -0.2) is 0 Å². The lowest BCUT2D eigenvalue weighted by Crippen LogP contribution is -2.47. The zero-order chi connectivity index (χ0) is 19.5. The summed E-state index contributed by atoms with van der Waals surface area (Å²) in [5.41, 5.74) is 4.89. The highest BCUT2D eigenvalue weighted by Gasteiger charge is 2.28. The second-order valence-electron chi connectivity index (χ2n) is 7.21. The molecular weight excluding hydrogens is 366 g/mol. The van der Waals surface area contributed by atoms with Crippen LogP contribution in [0.1, 0.15) is 23.6 Å². The van der Waals surface area contributed by atoms with Crippen molar-refractivity contribution in [3.8, 4) is 0 Å². The number of thioether (sulfide) groups is 1. The molecule has 1 amide bonds. The number of rotatable bonds is 3. The Hall–Kier alpha value is -2.53. The van der Waals surface area contributed by atoms with Crippen molar-refractivity contribution in [2.24, 2.45) is 4.99 Å². The Balaban J connectivity index is 1.38. The van der Waals surface area contributed by atoms with Gasteiger partial charge in [-0.1, -0.05) is 48.9 Å². The van der Waals surface area contributed by atoms with E-state index < -0.39 is 0 Å². The van der Waals surface area contributed by atoms with Gasteiger partial charge in [0.15, 0.2) is 5.17 Å². The van der Waals surface area contributed by atoms with E-state index in [0.29, 0.717) is 4.91 Å². The minimum absolute atomic E-state index is 0.125. The highest BCUT2D eigenvalue weighted by Crippen LogP contribution is 2.31. The summed E-state index contributed by atoms with van der Waals surface area (Å²) in [6, 6.07) is 17.0. The fourth-order valence-electron chi connectivity index (χ4n) is 3.45. The lowest BCUT2D eigenvalue weighted by Gasteiger charge is -2.36. The van der Waals surface area contributed by atoms with Crippen LogP contribution in [0.2, 0.25) is 0 Å².